The normalized spacial score (nSPS) is 11.2. The Morgan fingerprint density at radius 3 is 2.86 bits per heavy atom. The van der Waals surface area contributed by atoms with Crippen LogP contribution in [0.25, 0.3) is 4.96 Å². The van der Waals surface area contributed by atoms with Gasteiger partial charge in [-0.1, -0.05) is 0 Å². The highest BCUT2D eigenvalue weighted by Gasteiger charge is 2.20. The average molecular weight is 303 g/mol. The smallest absolute Gasteiger partial charge is 0.289 e. The van der Waals surface area contributed by atoms with Crippen LogP contribution >= 0.6 is 11.3 Å². The summed E-state index contributed by atoms with van der Waals surface area (Å²) in [5.74, 6) is 0.288. The van der Waals surface area contributed by atoms with Crippen molar-refractivity contribution < 1.29 is 9.21 Å². The fourth-order valence-corrected chi connectivity index (χ4v) is 3.25. The number of carbonyl (C=O) groups excluding carboxylic acids is 1. The van der Waals surface area contributed by atoms with Crippen LogP contribution in [-0.4, -0.2) is 27.2 Å². The molecule has 0 spiro atoms. The van der Waals surface area contributed by atoms with Gasteiger partial charge in [-0.3, -0.25) is 9.20 Å². The Bertz CT molecular complexity index is 812. The van der Waals surface area contributed by atoms with Crippen molar-refractivity contribution in [3.8, 4) is 0 Å². The molecule has 110 valence electrons. The Kier molecular flexibility index (Phi) is 3.33. The van der Waals surface area contributed by atoms with E-state index in [4.69, 9.17) is 4.42 Å². The van der Waals surface area contributed by atoms with Gasteiger partial charge in [0.05, 0.1) is 24.2 Å². The summed E-state index contributed by atoms with van der Waals surface area (Å²) in [4.78, 5) is 20.8. The molecule has 0 aliphatic carbocycles. The number of rotatable bonds is 3. The van der Waals surface area contributed by atoms with Crippen LogP contribution in [0, 0.1) is 20.8 Å². The molecule has 0 atom stereocenters. The molecular weight excluding hydrogens is 286 g/mol. The summed E-state index contributed by atoms with van der Waals surface area (Å²) in [6.07, 6.45) is 3.60. The zero-order chi connectivity index (χ0) is 15.1. The Morgan fingerprint density at radius 2 is 2.19 bits per heavy atom. The predicted molar refractivity (Wildman–Crippen MR) is 81.8 cm³/mol. The second-order valence-electron chi connectivity index (χ2n) is 5.23. The molecule has 0 unspecified atom stereocenters. The fourth-order valence-electron chi connectivity index (χ4n) is 2.36. The van der Waals surface area contributed by atoms with Gasteiger partial charge in [0, 0.05) is 23.7 Å². The Morgan fingerprint density at radius 1 is 1.43 bits per heavy atom. The van der Waals surface area contributed by atoms with Gasteiger partial charge >= 0.3 is 0 Å². The summed E-state index contributed by atoms with van der Waals surface area (Å²) in [5.41, 5.74) is 2.85. The number of thiazole rings is 1. The van der Waals surface area contributed by atoms with Gasteiger partial charge in [-0.05, 0) is 26.8 Å². The third kappa shape index (κ3) is 2.35. The van der Waals surface area contributed by atoms with E-state index in [0.717, 1.165) is 21.9 Å². The molecule has 0 fully saturated rings. The van der Waals surface area contributed by atoms with Crippen LogP contribution in [0.3, 0.4) is 0 Å². The second kappa shape index (κ2) is 5.04. The molecular formula is C15H17N3O2S. The van der Waals surface area contributed by atoms with Crippen molar-refractivity contribution in [2.24, 2.45) is 0 Å². The van der Waals surface area contributed by atoms with Crippen LogP contribution in [-0.2, 0) is 6.54 Å². The van der Waals surface area contributed by atoms with Gasteiger partial charge in [-0.2, -0.15) is 0 Å². The van der Waals surface area contributed by atoms with Crippen molar-refractivity contribution in [3.63, 3.8) is 0 Å². The van der Waals surface area contributed by atoms with Gasteiger partial charge in [0.15, 0.2) is 10.7 Å². The number of amides is 1. The predicted octanol–water partition coefficient (Wildman–Crippen LogP) is 3.19. The first-order valence-electron chi connectivity index (χ1n) is 6.71. The molecule has 6 heteroatoms. The highest BCUT2D eigenvalue weighted by atomic mass is 32.1. The molecule has 0 aliphatic rings. The minimum Gasteiger partial charge on any atom is -0.459 e. The number of aromatic nitrogens is 2. The molecule has 0 bridgehead atoms. The van der Waals surface area contributed by atoms with E-state index in [2.05, 4.69) is 22.5 Å². The van der Waals surface area contributed by atoms with E-state index in [9.17, 15) is 4.79 Å². The maximum absolute atomic E-state index is 12.4. The van der Waals surface area contributed by atoms with E-state index in [-0.39, 0.29) is 5.91 Å². The third-order valence-electron chi connectivity index (χ3n) is 3.53. The number of furan rings is 1. The molecule has 3 heterocycles. The van der Waals surface area contributed by atoms with Gasteiger partial charge in [0.25, 0.3) is 5.91 Å². The molecule has 21 heavy (non-hydrogen) atoms. The van der Waals surface area contributed by atoms with E-state index >= 15 is 0 Å². The van der Waals surface area contributed by atoms with Crippen molar-refractivity contribution in [1.29, 1.82) is 0 Å². The summed E-state index contributed by atoms with van der Waals surface area (Å²) in [5, 5.41) is 0. The minimum atomic E-state index is -0.112. The lowest BCUT2D eigenvalue weighted by Gasteiger charge is -2.16. The molecule has 0 N–H and O–H groups in total. The molecule has 3 aromatic heterocycles. The molecule has 3 rings (SSSR count). The molecule has 0 saturated heterocycles. The number of aryl methyl sites for hydroxylation is 3. The zero-order valence-corrected chi connectivity index (χ0v) is 13.3. The monoisotopic (exact) mass is 303 g/mol. The molecule has 5 nitrogen and oxygen atoms in total. The van der Waals surface area contributed by atoms with Gasteiger partial charge in [0.1, 0.15) is 0 Å². The number of fused-ring (bicyclic) bond motifs is 1. The number of hydrogen-bond donors (Lipinski definition) is 0. The lowest BCUT2D eigenvalue weighted by atomic mass is 10.2. The van der Waals surface area contributed by atoms with E-state index in [1.807, 2.05) is 13.8 Å². The maximum Gasteiger partial charge on any atom is 0.289 e. The van der Waals surface area contributed by atoms with Crippen molar-refractivity contribution in [3.05, 3.63) is 46.1 Å². The van der Waals surface area contributed by atoms with Crippen LogP contribution in [0.1, 0.15) is 32.4 Å². The molecule has 0 aliphatic heterocycles. The van der Waals surface area contributed by atoms with Gasteiger partial charge in [0.2, 0.25) is 0 Å². The molecule has 3 aromatic rings. The molecule has 0 aromatic carbocycles. The maximum atomic E-state index is 12.4. The van der Waals surface area contributed by atoms with Gasteiger partial charge < -0.3 is 9.32 Å². The van der Waals surface area contributed by atoms with Crippen LogP contribution in [0.5, 0.6) is 0 Å². The van der Waals surface area contributed by atoms with E-state index in [1.165, 1.54) is 4.88 Å². The van der Waals surface area contributed by atoms with Crippen LogP contribution in [0.4, 0.5) is 0 Å². The van der Waals surface area contributed by atoms with E-state index in [0.29, 0.717) is 12.3 Å². The number of imidazole rings is 1. The first-order valence-corrected chi connectivity index (χ1v) is 7.52. The highest BCUT2D eigenvalue weighted by Crippen LogP contribution is 2.22. The van der Waals surface area contributed by atoms with Gasteiger partial charge in [-0.25, -0.2) is 4.98 Å². The van der Waals surface area contributed by atoms with Crippen molar-refractivity contribution in [2.75, 3.05) is 7.05 Å². The Balaban J connectivity index is 1.89. The minimum absolute atomic E-state index is 0.112. The lowest BCUT2D eigenvalue weighted by molar-refractivity contribution is 0.0750. The van der Waals surface area contributed by atoms with Crippen molar-refractivity contribution in [2.45, 2.75) is 27.3 Å². The topological polar surface area (TPSA) is 50.8 Å². The van der Waals surface area contributed by atoms with Crippen LogP contribution in [0.2, 0.25) is 0 Å². The summed E-state index contributed by atoms with van der Waals surface area (Å²) in [6, 6.07) is 1.80. The zero-order valence-electron chi connectivity index (χ0n) is 12.5. The van der Waals surface area contributed by atoms with E-state index in [1.54, 1.807) is 35.6 Å². The van der Waals surface area contributed by atoms with Gasteiger partial charge in [-0.15, -0.1) is 11.3 Å². The van der Waals surface area contributed by atoms with Crippen molar-refractivity contribution >= 4 is 22.2 Å². The first-order chi connectivity index (χ1) is 9.97. The summed E-state index contributed by atoms with van der Waals surface area (Å²) in [7, 11) is 1.78. The van der Waals surface area contributed by atoms with Crippen LogP contribution < -0.4 is 0 Å². The summed E-state index contributed by atoms with van der Waals surface area (Å²) in [6.45, 7) is 6.40. The number of nitrogens with zero attached hydrogens (tertiary/aromatic N) is 3. The Hall–Kier alpha value is -2.08. The van der Waals surface area contributed by atoms with E-state index < -0.39 is 0 Å². The molecule has 0 radical (unpaired) electrons. The molecule has 0 saturated carbocycles. The molecule has 1 amide bonds. The first kappa shape index (κ1) is 13.9. The van der Waals surface area contributed by atoms with Crippen molar-refractivity contribution in [1.82, 2.24) is 14.3 Å². The SMILES string of the molecule is Cc1cn2c(CN(C)C(=O)c3occc3C)c(C)nc2s1. The highest BCUT2D eigenvalue weighted by molar-refractivity contribution is 7.17. The largest absolute Gasteiger partial charge is 0.459 e. The standard InChI is InChI=1S/C15H17N3O2S/c1-9-5-6-20-13(9)14(19)17(4)8-12-11(3)16-15-18(12)7-10(2)21-15/h5-7H,8H2,1-4H3. The summed E-state index contributed by atoms with van der Waals surface area (Å²) < 4.78 is 7.34. The quantitative estimate of drug-likeness (QED) is 0.746. The average Bonchev–Trinajstić information content (AvgIpc) is 3.06. The van der Waals surface area contributed by atoms with Crippen LogP contribution in [0.15, 0.2) is 22.9 Å². The third-order valence-corrected chi connectivity index (χ3v) is 4.43. The lowest BCUT2D eigenvalue weighted by Crippen LogP contribution is -2.27. The second-order valence-corrected chi connectivity index (χ2v) is 6.45. The fraction of sp³-hybridized carbons (Fsp3) is 0.333. The Labute approximate surface area is 126 Å². The summed E-state index contributed by atoms with van der Waals surface area (Å²) >= 11 is 1.65. The number of hydrogen-bond acceptors (Lipinski definition) is 4. The number of carbonyl (C=O) groups is 1.